The third-order valence-electron chi connectivity index (χ3n) is 4.43. The second-order valence-corrected chi connectivity index (χ2v) is 6.10. The standard InChI is InChI=1S/C19H23N3O2/c20-16(14-15-6-2-1-3-7-15)19(24)22-12-10-21(11-13-22)17-8-4-5-9-18(17)23/h1-9,16,23H,10-14,20H2/t16-/m0/s1. The van der Waals surface area contributed by atoms with Crippen LogP contribution in [0.3, 0.4) is 0 Å². The maximum atomic E-state index is 12.5. The lowest BCUT2D eigenvalue weighted by molar-refractivity contribution is -0.132. The average Bonchev–Trinajstić information content (AvgIpc) is 2.62. The molecule has 5 heteroatoms. The summed E-state index contributed by atoms with van der Waals surface area (Å²) in [5.74, 6) is 0.272. The van der Waals surface area contributed by atoms with Gasteiger partial charge in [0.2, 0.25) is 5.91 Å². The maximum absolute atomic E-state index is 12.5. The van der Waals surface area contributed by atoms with Gasteiger partial charge < -0.3 is 20.6 Å². The number of para-hydroxylation sites is 2. The molecule has 0 aromatic heterocycles. The molecule has 1 atom stereocenters. The number of benzene rings is 2. The Labute approximate surface area is 142 Å². The van der Waals surface area contributed by atoms with Gasteiger partial charge in [-0.15, -0.1) is 0 Å². The number of aromatic hydroxyl groups is 1. The number of carbonyl (C=O) groups is 1. The summed E-state index contributed by atoms with van der Waals surface area (Å²) in [5, 5.41) is 9.95. The van der Waals surface area contributed by atoms with Gasteiger partial charge in [-0.2, -0.15) is 0 Å². The van der Waals surface area contributed by atoms with Crippen LogP contribution in [0.25, 0.3) is 0 Å². The lowest BCUT2D eigenvalue weighted by Gasteiger charge is -2.37. The highest BCUT2D eigenvalue weighted by atomic mass is 16.3. The maximum Gasteiger partial charge on any atom is 0.239 e. The Morgan fingerprint density at radius 2 is 1.62 bits per heavy atom. The summed E-state index contributed by atoms with van der Waals surface area (Å²) in [6, 6.07) is 16.6. The first-order chi connectivity index (χ1) is 11.6. The molecule has 3 N–H and O–H groups in total. The molecule has 0 spiro atoms. The van der Waals surface area contributed by atoms with Crippen LogP contribution < -0.4 is 10.6 Å². The van der Waals surface area contributed by atoms with Crippen molar-refractivity contribution in [1.82, 2.24) is 4.90 Å². The lowest BCUT2D eigenvalue weighted by atomic mass is 10.1. The summed E-state index contributed by atoms with van der Waals surface area (Å²) in [5.41, 5.74) is 8.00. The summed E-state index contributed by atoms with van der Waals surface area (Å²) in [6.07, 6.45) is 0.555. The van der Waals surface area contributed by atoms with Crippen LogP contribution >= 0.6 is 0 Å². The Kier molecular flexibility index (Phi) is 5.01. The molecule has 0 saturated carbocycles. The molecule has 1 aliphatic rings. The van der Waals surface area contributed by atoms with Gasteiger partial charge in [-0.05, 0) is 24.1 Å². The predicted octanol–water partition coefficient (Wildman–Crippen LogP) is 1.61. The Bertz CT molecular complexity index is 682. The van der Waals surface area contributed by atoms with Crippen molar-refractivity contribution in [2.24, 2.45) is 5.73 Å². The SMILES string of the molecule is N[C@@H](Cc1ccccc1)C(=O)N1CCN(c2ccccc2O)CC1. The normalized spacial score (nSPS) is 16.0. The lowest BCUT2D eigenvalue weighted by Crippen LogP contribution is -2.53. The van der Waals surface area contributed by atoms with Gasteiger partial charge in [0.15, 0.2) is 0 Å². The highest BCUT2D eigenvalue weighted by molar-refractivity contribution is 5.82. The smallest absolute Gasteiger partial charge is 0.239 e. The van der Waals surface area contributed by atoms with Crippen molar-refractivity contribution in [2.45, 2.75) is 12.5 Å². The van der Waals surface area contributed by atoms with Gasteiger partial charge in [0.25, 0.3) is 0 Å². The van der Waals surface area contributed by atoms with E-state index in [1.54, 1.807) is 12.1 Å². The molecule has 1 heterocycles. The van der Waals surface area contributed by atoms with Crippen LogP contribution in [-0.4, -0.2) is 48.1 Å². The summed E-state index contributed by atoms with van der Waals surface area (Å²) >= 11 is 0. The highest BCUT2D eigenvalue weighted by Gasteiger charge is 2.26. The van der Waals surface area contributed by atoms with Crippen LogP contribution in [0.2, 0.25) is 0 Å². The largest absolute Gasteiger partial charge is 0.506 e. The van der Waals surface area contributed by atoms with E-state index in [4.69, 9.17) is 5.73 Å². The molecule has 1 aliphatic heterocycles. The fraction of sp³-hybridized carbons (Fsp3) is 0.316. The molecule has 24 heavy (non-hydrogen) atoms. The van der Waals surface area contributed by atoms with E-state index < -0.39 is 6.04 Å². The van der Waals surface area contributed by atoms with Crippen molar-refractivity contribution in [3.8, 4) is 5.75 Å². The van der Waals surface area contributed by atoms with Crippen molar-refractivity contribution in [2.75, 3.05) is 31.1 Å². The summed E-state index contributed by atoms with van der Waals surface area (Å²) in [7, 11) is 0. The van der Waals surface area contributed by atoms with E-state index in [-0.39, 0.29) is 11.7 Å². The van der Waals surface area contributed by atoms with Gasteiger partial charge >= 0.3 is 0 Å². The fourth-order valence-electron chi connectivity index (χ4n) is 3.09. The quantitative estimate of drug-likeness (QED) is 0.896. The first kappa shape index (κ1) is 16.3. The van der Waals surface area contributed by atoms with E-state index in [0.29, 0.717) is 32.6 Å². The molecule has 2 aromatic rings. The zero-order valence-corrected chi connectivity index (χ0v) is 13.6. The molecule has 3 rings (SSSR count). The molecule has 2 aromatic carbocycles. The number of phenols is 1. The number of hydrogen-bond acceptors (Lipinski definition) is 4. The number of phenolic OH excluding ortho intramolecular Hbond substituents is 1. The Morgan fingerprint density at radius 3 is 2.29 bits per heavy atom. The number of piperazine rings is 1. The molecular formula is C19H23N3O2. The number of nitrogens with two attached hydrogens (primary N) is 1. The number of anilines is 1. The van der Waals surface area contributed by atoms with Crippen LogP contribution in [0, 0.1) is 0 Å². The molecular weight excluding hydrogens is 302 g/mol. The molecule has 1 fully saturated rings. The van der Waals surface area contributed by atoms with Crippen LogP contribution in [0.4, 0.5) is 5.69 Å². The van der Waals surface area contributed by atoms with E-state index in [0.717, 1.165) is 11.3 Å². The Morgan fingerprint density at radius 1 is 1.00 bits per heavy atom. The van der Waals surface area contributed by atoms with E-state index >= 15 is 0 Å². The van der Waals surface area contributed by atoms with Crippen molar-refractivity contribution < 1.29 is 9.90 Å². The molecule has 126 valence electrons. The number of rotatable bonds is 4. The van der Waals surface area contributed by atoms with Gasteiger partial charge in [-0.1, -0.05) is 42.5 Å². The van der Waals surface area contributed by atoms with Crippen LogP contribution in [0.5, 0.6) is 5.75 Å². The third-order valence-corrected chi connectivity index (χ3v) is 4.43. The fourth-order valence-corrected chi connectivity index (χ4v) is 3.09. The average molecular weight is 325 g/mol. The van der Waals surface area contributed by atoms with Gasteiger partial charge in [0.05, 0.1) is 11.7 Å². The third kappa shape index (κ3) is 3.68. The van der Waals surface area contributed by atoms with Crippen LogP contribution in [0.1, 0.15) is 5.56 Å². The van der Waals surface area contributed by atoms with Gasteiger partial charge in [-0.3, -0.25) is 4.79 Å². The van der Waals surface area contributed by atoms with Crippen molar-refractivity contribution in [3.05, 3.63) is 60.2 Å². The Balaban J connectivity index is 1.56. The van der Waals surface area contributed by atoms with Crippen molar-refractivity contribution in [1.29, 1.82) is 0 Å². The minimum absolute atomic E-state index is 0.00390. The molecule has 0 radical (unpaired) electrons. The first-order valence-corrected chi connectivity index (χ1v) is 8.26. The highest BCUT2D eigenvalue weighted by Crippen LogP contribution is 2.27. The number of nitrogens with zero attached hydrogens (tertiary/aromatic N) is 2. The number of amides is 1. The van der Waals surface area contributed by atoms with Crippen molar-refractivity contribution >= 4 is 11.6 Å². The van der Waals surface area contributed by atoms with E-state index in [1.807, 2.05) is 47.4 Å². The molecule has 5 nitrogen and oxygen atoms in total. The Hall–Kier alpha value is -2.53. The second kappa shape index (κ2) is 7.36. The minimum Gasteiger partial charge on any atom is -0.506 e. The molecule has 0 bridgehead atoms. The van der Waals surface area contributed by atoms with Crippen LogP contribution in [-0.2, 0) is 11.2 Å². The van der Waals surface area contributed by atoms with Gasteiger partial charge in [-0.25, -0.2) is 0 Å². The van der Waals surface area contributed by atoms with E-state index in [9.17, 15) is 9.90 Å². The summed E-state index contributed by atoms with van der Waals surface area (Å²) < 4.78 is 0. The monoisotopic (exact) mass is 325 g/mol. The van der Waals surface area contributed by atoms with Gasteiger partial charge in [0.1, 0.15) is 5.75 Å². The zero-order valence-electron chi connectivity index (χ0n) is 13.6. The molecule has 0 unspecified atom stereocenters. The minimum atomic E-state index is -0.510. The summed E-state index contributed by atoms with van der Waals surface area (Å²) in [6.45, 7) is 2.63. The van der Waals surface area contributed by atoms with E-state index in [2.05, 4.69) is 4.90 Å². The number of hydrogen-bond donors (Lipinski definition) is 2. The topological polar surface area (TPSA) is 69.8 Å². The van der Waals surface area contributed by atoms with Crippen molar-refractivity contribution in [3.63, 3.8) is 0 Å². The molecule has 1 saturated heterocycles. The van der Waals surface area contributed by atoms with Gasteiger partial charge in [0, 0.05) is 26.2 Å². The first-order valence-electron chi connectivity index (χ1n) is 8.26. The second-order valence-electron chi connectivity index (χ2n) is 6.10. The summed E-state index contributed by atoms with van der Waals surface area (Å²) in [4.78, 5) is 16.5. The molecule has 0 aliphatic carbocycles. The van der Waals surface area contributed by atoms with Crippen LogP contribution in [0.15, 0.2) is 54.6 Å². The molecule has 1 amide bonds. The van der Waals surface area contributed by atoms with E-state index in [1.165, 1.54) is 0 Å². The zero-order chi connectivity index (χ0) is 16.9. The number of carbonyl (C=O) groups excluding carboxylic acids is 1. The predicted molar refractivity (Wildman–Crippen MR) is 95.0 cm³/mol.